The van der Waals surface area contributed by atoms with E-state index in [0.29, 0.717) is 13.1 Å². The summed E-state index contributed by atoms with van der Waals surface area (Å²) in [7, 11) is -1.78. The SMILES string of the molecule is CC(C(=O)N(C)Cc1ccccc1CN)S(C)(=O)=O. The van der Waals surface area contributed by atoms with E-state index < -0.39 is 21.0 Å². The zero-order valence-electron chi connectivity index (χ0n) is 11.5. The molecule has 0 saturated heterocycles. The van der Waals surface area contributed by atoms with Crippen molar-refractivity contribution in [3.8, 4) is 0 Å². The minimum absolute atomic E-state index is 0.353. The van der Waals surface area contributed by atoms with Gasteiger partial charge < -0.3 is 10.6 Å². The Hall–Kier alpha value is -1.40. The second-order valence-electron chi connectivity index (χ2n) is 4.64. The highest BCUT2D eigenvalue weighted by molar-refractivity contribution is 7.92. The number of hydrogen-bond acceptors (Lipinski definition) is 4. The molecule has 0 spiro atoms. The van der Waals surface area contributed by atoms with Crippen LogP contribution in [0.15, 0.2) is 24.3 Å². The van der Waals surface area contributed by atoms with Crippen molar-refractivity contribution < 1.29 is 13.2 Å². The topological polar surface area (TPSA) is 80.5 Å². The molecular weight excluding hydrogens is 264 g/mol. The number of rotatable bonds is 5. The van der Waals surface area contributed by atoms with Crippen molar-refractivity contribution in [1.29, 1.82) is 0 Å². The van der Waals surface area contributed by atoms with Gasteiger partial charge in [-0.3, -0.25) is 4.79 Å². The van der Waals surface area contributed by atoms with Crippen molar-refractivity contribution in [3.05, 3.63) is 35.4 Å². The zero-order valence-corrected chi connectivity index (χ0v) is 12.3. The molecule has 1 rings (SSSR count). The second kappa shape index (κ2) is 6.16. The summed E-state index contributed by atoms with van der Waals surface area (Å²) in [5.41, 5.74) is 7.52. The Morgan fingerprint density at radius 3 is 2.32 bits per heavy atom. The summed E-state index contributed by atoms with van der Waals surface area (Å²) in [4.78, 5) is 13.4. The van der Waals surface area contributed by atoms with E-state index in [-0.39, 0.29) is 0 Å². The molecule has 6 heteroatoms. The second-order valence-corrected chi connectivity index (χ2v) is 7.01. The fourth-order valence-electron chi connectivity index (χ4n) is 1.74. The van der Waals surface area contributed by atoms with Crippen LogP contribution >= 0.6 is 0 Å². The number of hydrogen-bond donors (Lipinski definition) is 1. The predicted molar refractivity (Wildman–Crippen MR) is 75.1 cm³/mol. The smallest absolute Gasteiger partial charge is 0.240 e. The number of nitrogens with zero attached hydrogens (tertiary/aromatic N) is 1. The van der Waals surface area contributed by atoms with Crippen LogP contribution in [0.2, 0.25) is 0 Å². The summed E-state index contributed by atoms with van der Waals surface area (Å²) in [5, 5.41) is -1.03. The van der Waals surface area contributed by atoms with Gasteiger partial charge in [0.25, 0.3) is 0 Å². The van der Waals surface area contributed by atoms with Gasteiger partial charge in [0.15, 0.2) is 9.84 Å². The third-order valence-corrected chi connectivity index (χ3v) is 4.60. The molecule has 0 saturated carbocycles. The van der Waals surface area contributed by atoms with Crippen LogP contribution in [0, 0.1) is 0 Å². The van der Waals surface area contributed by atoms with Crippen LogP contribution in [0.4, 0.5) is 0 Å². The molecule has 1 aromatic carbocycles. The van der Waals surface area contributed by atoms with Crippen molar-refractivity contribution in [2.24, 2.45) is 5.73 Å². The Kier molecular flexibility index (Phi) is 5.08. The van der Waals surface area contributed by atoms with Crippen LogP contribution in [0.25, 0.3) is 0 Å². The number of nitrogens with two attached hydrogens (primary N) is 1. The van der Waals surface area contributed by atoms with Gasteiger partial charge >= 0.3 is 0 Å². The minimum Gasteiger partial charge on any atom is -0.340 e. The fraction of sp³-hybridized carbons (Fsp3) is 0.462. The van der Waals surface area contributed by atoms with Crippen LogP contribution < -0.4 is 5.73 Å². The van der Waals surface area contributed by atoms with Crippen molar-refractivity contribution in [2.45, 2.75) is 25.3 Å². The van der Waals surface area contributed by atoms with Crippen LogP contribution in [0.5, 0.6) is 0 Å². The van der Waals surface area contributed by atoms with E-state index in [0.717, 1.165) is 17.4 Å². The van der Waals surface area contributed by atoms with Gasteiger partial charge in [0, 0.05) is 26.4 Å². The molecule has 0 heterocycles. The van der Waals surface area contributed by atoms with Crippen molar-refractivity contribution in [2.75, 3.05) is 13.3 Å². The van der Waals surface area contributed by atoms with E-state index in [2.05, 4.69) is 0 Å². The lowest BCUT2D eigenvalue weighted by atomic mass is 10.1. The molecule has 0 aliphatic heterocycles. The first-order chi connectivity index (χ1) is 8.77. The molecule has 1 aromatic rings. The highest BCUT2D eigenvalue weighted by Crippen LogP contribution is 2.12. The Bertz CT molecular complexity index is 555. The summed E-state index contributed by atoms with van der Waals surface area (Å²) in [6, 6.07) is 7.53. The van der Waals surface area contributed by atoms with E-state index in [1.165, 1.54) is 11.8 Å². The number of benzene rings is 1. The molecule has 1 atom stereocenters. The van der Waals surface area contributed by atoms with Gasteiger partial charge in [-0.1, -0.05) is 24.3 Å². The standard InChI is InChI=1S/C13H20N2O3S/c1-10(19(3,17)18)13(16)15(2)9-12-7-5-4-6-11(12)8-14/h4-7,10H,8-9,14H2,1-3H3. The molecule has 2 N–H and O–H groups in total. The first-order valence-corrected chi connectivity index (χ1v) is 7.93. The largest absolute Gasteiger partial charge is 0.340 e. The maximum absolute atomic E-state index is 12.0. The van der Waals surface area contributed by atoms with E-state index in [1.54, 1.807) is 7.05 Å². The van der Waals surface area contributed by atoms with Gasteiger partial charge in [0.05, 0.1) is 0 Å². The quantitative estimate of drug-likeness (QED) is 0.855. The van der Waals surface area contributed by atoms with Crippen molar-refractivity contribution in [1.82, 2.24) is 4.90 Å². The normalized spacial score (nSPS) is 13.1. The van der Waals surface area contributed by atoms with E-state index >= 15 is 0 Å². The number of sulfone groups is 1. The molecule has 106 valence electrons. The minimum atomic E-state index is -3.37. The van der Waals surface area contributed by atoms with Crippen molar-refractivity contribution >= 4 is 15.7 Å². The van der Waals surface area contributed by atoms with E-state index in [4.69, 9.17) is 5.73 Å². The van der Waals surface area contributed by atoms with Crippen LogP contribution in [-0.2, 0) is 27.7 Å². The van der Waals surface area contributed by atoms with Gasteiger partial charge in [0.2, 0.25) is 5.91 Å². The van der Waals surface area contributed by atoms with Gasteiger partial charge in [-0.15, -0.1) is 0 Å². The Morgan fingerprint density at radius 1 is 1.32 bits per heavy atom. The molecule has 0 aliphatic carbocycles. The summed E-state index contributed by atoms with van der Waals surface area (Å²) in [6.07, 6.45) is 1.07. The number of amides is 1. The average Bonchev–Trinajstić information content (AvgIpc) is 2.36. The molecule has 1 amide bonds. The summed E-state index contributed by atoms with van der Waals surface area (Å²) in [6.45, 7) is 2.15. The molecular formula is C13H20N2O3S. The van der Waals surface area contributed by atoms with Gasteiger partial charge in [-0.25, -0.2) is 8.42 Å². The molecule has 0 aliphatic rings. The first-order valence-electron chi connectivity index (χ1n) is 5.98. The van der Waals surface area contributed by atoms with Crippen molar-refractivity contribution in [3.63, 3.8) is 0 Å². The third kappa shape index (κ3) is 4.04. The molecule has 0 aromatic heterocycles. The Morgan fingerprint density at radius 2 is 1.84 bits per heavy atom. The van der Waals surface area contributed by atoms with E-state index in [1.807, 2.05) is 24.3 Å². The maximum Gasteiger partial charge on any atom is 0.240 e. The summed E-state index contributed by atoms with van der Waals surface area (Å²) < 4.78 is 22.8. The molecule has 1 unspecified atom stereocenters. The molecule has 0 bridgehead atoms. The number of carbonyl (C=O) groups is 1. The van der Waals surface area contributed by atoms with Crippen LogP contribution in [-0.4, -0.2) is 37.8 Å². The molecule has 19 heavy (non-hydrogen) atoms. The van der Waals surface area contributed by atoms with Gasteiger partial charge in [0.1, 0.15) is 5.25 Å². The average molecular weight is 284 g/mol. The van der Waals surface area contributed by atoms with Gasteiger partial charge in [-0.2, -0.15) is 0 Å². The van der Waals surface area contributed by atoms with Crippen LogP contribution in [0.1, 0.15) is 18.1 Å². The maximum atomic E-state index is 12.0. The zero-order chi connectivity index (χ0) is 14.6. The number of carbonyl (C=O) groups excluding carboxylic acids is 1. The lowest BCUT2D eigenvalue weighted by Crippen LogP contribution is -2.38. The first kappa shape index (κ1) is 15.7. The van der Waals surface area contributed by atoms with Gasteiger partial charge in [-0.05, 0) is 18.1 Å². The highest BCUT2D eigenvalue weighted by Gasteiger charge is 2.26. The lowest BCUT2D eigenvalue weighted by Gasteiger charge is -2.21. The molecule has 0 radical (unpaired) electrons. The van der Waals surface area contributed by atoms with Crippen LogP contribution in [0.3, 0.4) is 0 Å². The Balaban J connectivity index is 2.85. The molecule has 0 fully saturated rings. The molecule has 5 nitrogen and oxygen atoms in total. The Labute approximate surface area is 114 Å². The monoisotopic (exact) mass is 284 g/mol. The third-order valence-electron chi connectivity index (χ3n) is 3.11. The highest BCUT2D eigenvalue weighted by atomic mass is 32.2. The van der Waals surface area contributed by atoms with E-state index in [9.17, 15) is 13.2 Å². The lowest BCUT2D eigenvalue weighted by molar-refractivity contribution is -0.129. The summed E-state index contributed by atoms with van der Waals surface area (Å²) in [5.74, 6) is -0.408. The fourth-order valence-corrected chi connectivity index (χ4v) is 2.28. The predicted octanol–water partition coefficient (Wildman–Crippen LogP) is 0.537. The summed E-state index contributed by atoms with van der Waals surface area (Å²) >= 11 is 0.